The lowest BCUT2D eigenvalue weighted by Crippen LogP contribution is -2.54. The summed E-state index contributed by atoms with van der Waals surface area (Å²) < 4.78 is 11.3. The quantitative estimate of drug-likeness (QED) is 0.280. The third-order valence-corrected chi connectivity index (χ3v) is 8.56. The van der Waals surface area contributed by atoms with Crippen molar-refractivity contribution in [3.63, 3.8) is 0 Å². The molecule has 1 aliphatic rings. The number of methoxy groups -OCH3 is 1. The van der Waals surface area contributed by atoms with E-state index in [2.05, 4.69) is 16.0 Å². The van der Waals surface area contributed by atoms with Crippen molar-refractivity contribution in [1.82, 2.24) is 16.0 Å². The average Bonchev–Trinajstić information content (AvgIpc) is 3.04. The van der Waals surface area contributed by atoms with Crippen LogP contribution in [0.5, 0.6) is 5.75 Å². The molecule has 0 bridgehead atoms. The Morgan fingerprint density at radius 1 is 1.04 bits per heavy atom. The molecule has 1 heterocycles. The molecule has 2 aromatic carbocycles. The molecule has 3 amide bonds. The molecule has 2 aromatic rings. The van der Waals surface area contributed by atoms with Gasteiger partial charge in [-0.15, -0.1) is 0 Å². The minimum absolute atomic E-state index is 0.0513. The molecule has 1 aliphatic heterocycles. The van der Waals surface area contributed by atoms with Crippen LogP contribution < -0.4 is 20.7 Å². The van der Waals surface area contributed by atoms with Gasteiger partial charge in [-0.3, -0.25) is 14.4 Å². The summed E-state index contributed by atoms with van der Waals surface area (Å²) >= 11 is 6.33. The number of cyclic esters (lactones) is 1. The topological polar surface area (TPSA) is 143 Å². The maximum absolute atomic E-state index is 13.7. The van der Waals surface area contributed by atoms with Crippen molar-refractivity contribution in [3.05, 3.63) is 82.4 Å². The number of carbonyl (C=O) groups is 4. The van der Waals surface area contributed by atoms with E-state index in [0.29, 0.717) is 22.8 Å². The van der Waals surface area contributed by atoms with Crippen molar-refractivity contribution >= 4 is 41.4 Å². The van der Waals surface area contributed by atoms with E-state index in [1.807, 2.05) is 64.1 Å². The highest BCUT2D eigenvalue weighted by atomic mass is 35.5. The lowest BCUT2D eigenvalue weighted by Gasteiger charge is -2.32. The molecule has 0 aliphatic carbocycles. The monoisotopic (exact) mass is 695 g/mol. The van der Waals surface area contributed by atoms with Crippen molar-refractivity contribution in [2.24, 2.45) is 16.7 Å². The fourth-order valence-corrected chi connectivity index (χ4v) is 5.48. The van der Waals surface area contributed by atoms with Gasteiger partial charge in [-0.25, -0.2) is 4.79 Å². The summed E-state index contributed by atoms with van der Waals surface area (Å²) in [5, 5.41) is 18.2. The number of nitrogens with one attached hydrogen (secondary N) is 3. The molecule has 4 atom stereocenters. The molecule has 0 radical (unpaired) electrons. The highest BCUT2D eigenvalue weighted by Gasteiger charge is 2.36. The van der Waals surface area contributed by atoms with Crippen molar-refractivity contribution < 1.29 is 33.8 Å². The van der Waals surface area contributed by atoms with Gasteiger partial charge in [0.2, 0.25) is 17.7 Å². The first-order valence-corrected chi connectivity index (χ1v) is 16.9. The first-order chi connectivity index (χ1) is 23.0. The number of ether oxygens (including phenoxy) is 2. The van der Waals surface area contributed by atoms with E-state index in [1.54, 1.807) is 38.1 Å². The Balaban J connectivity index is 1.95. The van der Waals surface area contributed by atoms with Crippen LogP contribution in [0.15, 0.2) is 60.7 Å². The lowest BCUT2D eigenvalue weighted by atomic mass is 9.86. The molecule has 0 saturated carbocycles. The Morgan fingerprint density at radius 2 is 1.71 bits per heavy atom. The zero-order chi connectivity index (χ0) is 36.4. The van der Waals surface area contributed by atoms with Crippen molar-refractivity contribution in [1.29, 1.82) is 0 Å². The number of benzene rings is 2. The number of amides is 3. The van der Waals surface area contributed by atoms with Crippen molar-refractivity contribution in [2.75, 3.05) is 13.7 Å². The van der Waals surface area contributed by atoms with Crippen LogP contribution in [0.2, 0.25) is 5.02 Å². The summed E-state index contributed by atoms with van der Waals surface area (Å²) in [6.45, 7) is 11.1. The van der Waals surface area contributed by atoms with Gasteiger partial charge in [-0.05, 0) is 60.6 Å². The minimum Gasteiger partial charge on any atom is -0.495 e. The van der Waals surface area contributed by atoms with Gasteiger partial charge in [0.05, 0.1) is 24.2 Å². The lowest BCUT2D eigenvalue weighted by molar-refractivity contribution is -0.156. The summed E-state index contributed by atoms with van der Waals surface area (Å²) in [6, 6.07) is 10.6. The second-order valence-electron chi connectivity index (χ2n) is 14.4. The molecular formula is C38H50ClN3O7. The van der Waals surface area contributed by atoms with Gasteiger partial charge in [0.25, 0.3) is 0 Å². The van der Waals surface area contributed by atoms with Gasteiger partial charge in [0.1, 0.15) is 23.9 Å². The normalized spacial score (nSPS) is 22.4. The molecule has 10 nitrogen and oxygen atoms in total. The van der Waals surface area contributed by atoms with Crippen LogP contribution in [-0.4, -0.2) is 60.6 Å². The highest BCUT2D eigenvalue weighted by Crippen LogP contribution is 2.27. The first kappa shape index (κ1) is 39.3. The molecule has 0 aromatic heterocycles. The average molecular weight is 696 g/mol. The van der Waals surface area contributed by atoms with E-state index in [4.69, 9.17) is 21.1 Å². The highest BCUT2D eigenvalue weighted by molar-refractivity contribution is 6.32. The van der Waals surface area contributed by atoms with E-state index in [-0.39, 0.29) is 37.3 Å². The van der Waals surface area contributed by atoms with Crippen molar-refractivity contribution in [2.45, 2.75) is 85.6 Å². The summed E-state index contributed by atoms with van der Waals surface area (Å²) in [5.74, 6) is -1.79. The van der Waals surface area contributed by atoms with Crippen molar-refractivity contribution in [3.8, 4) is 5.75 Å². The molecule has 3 rings (SSSR count). The number of esters is 1. The van der Waals surface area contributed by atoms with Gasteiger partial charge in [0, 0.05) is 25.3 Å². The third kappa shape index (κ3) is 12.4. The second kappa shape index (κ2) is 17.5. The van der Waals surface area contributed by atoms with Crippen LogP contribution in [0.25, 0.3) is 6.08 Å². The number of hydrogen-bond acceptors (Lipinski definition) is 7. The van der Waals surface area contributed by atoms with Gasteiger partial charge in [0.15, 0.2) is 0 Å². The Hall–Kier alpha value is -4.15. The minimum atomic E-state index is -1.11. The smallest absolute Gasteiger partial charge is 0.328 e. The van der Waals surface area contributed by atoms with Crippen LogP contribution in [0.3, 0.4) is 0 Å². The molecule has 0 unspecified atom stereocenters. The molecule has 0 saturated heterocycles. The predicted molar refractivity (Wildman–Crippen MR) is 191 cm³/mol. The summed E-state index contributed by atoms with van der Waals surface area (Å²) in [6.07, 6.45) is 6.73. The van der Waals surface area contributed by atoms with Crippen LogP contribution >= 0.6 is 11.6 Å². The molecule has 0 spiro atoms. The largest absolute Gasteiger partial charge is 0.495 e. The van der Waals surface area contributed by atoms with Gasteiger partial charge < -0.3 is 30.5 Å². The maximum Gasteiger partial charge on any atom is 0.328 e. The predicted octanol–water partition coefficient (Wildman–Crippen LogP) is 5.15. The maximum atomic E-state index is 13.7. The number of halogens is 1. The molecule has 11 heteroatoms. The number of carbonyl (C=O) groups excluding carboxylic acids is 4. The second-order valence-corrected chi connectivity index (χ2v) is 14.8. The first-order valence-electron chi connectivity index (χ1n) is 16.5. The van der Waals surface area contributed by atoms with Crippen LogP contribution in [0, 0.1) is 16.7 Å². The van der Waals surface area contributed by atoms with E-state index >= 15 is 0 Å². The molecule has 49 heavy (non-hydrogen) atoms. The number of hydrogen-bond donors (Lipinski definition) is 4. The molecule has 4 N–H and O–H groups in total. The molecule has 0 fully saturated rings. The Morgan fingerprint density at radius 3 is 2.33 bits per heavy atom. The van der Waals surface area contributed by atoms with Gasteiger partial charge in [-0.1, -0.05) is 87.9 Å². The summed E-state index contributed by atoms with van der Waals surface area (Å²) in [4.78, 5) is 54.0. The zero-order valence-electron chi connectivity index (χ0n) is 29.5. The van der Waals surface area contributed by atoms with Crippen LogP contribution in [0.4, 0.5) is 0 Å². The van der Waals surface area contributed by atoms with E-state index in [0.717, 1.165) is 11.1 Å². The summed E-state index contributed by atoms with van der Waals surface area (Å²) in [7, 11) is 1.51. The standard InChI is InChI=1S/C38H50ClN3O7/c1-24(11-12-25-13-15-26(22-43)16-14-25)31-9-8-10-33(44)41-29(20-27-17-18-32(48-7)28(39)19-27)34(45)40-23-38(5,6)36(47)42-30(35(46)49-31)21-37(2,3)4/h8,10-19,24,29-31,43H,9,20-23H2,1-7H3,(H,40,45)(H,41,44)(H,42,47)/b10-8-,12-11+/t24-,29-,30+,31+/m1/s1. The number of rotatable bonds is 8. The van der Waals surface area contributed by atoms with Crippen LogP contribution in [-0.2, 0) is 36.9 Å². The fourth-order valence-electron chi connectivity index (χ4n) is 5.20. The zero-order valence-corrected chi connectivity index (χ0v) is 30.2. The molecular weight excluding hydrogens is 646 g/mol. The number of aliphatic hydroxyl groups is 1. The van der Waals surface area contributed by atoms with Gasteiger partial charge >= 0.3 is 5.97 Å². The fraction of sp³-hybridized carbons (Fsp3) is 0.474. The Kier molecular flexibility index (Phi) is 14.0. The van der Waals surface area contributed by atoms with Crippen LogP contribution in [0.1, 0.15) is 71.1 Å². The van der Waals surface area contributed by atoms with Gasteiger partial charge in [-0.2, -0.15) is 0 Å². The molecule has 266 valence electrons. The summed E-state index contributed by atoms with van der Waals surface area (Å²) in [5.41, 5.74) is 0.962. The van der Waals surface area contributed by atoms with E-state index in [9.17, 15) is 24.3 Å². The third-order valence-electron chi connectivity index (χ3n) is 8.26. The van der Waals surface area contributed by atoms with E-state index in [1.165, 1.54) is 13.2 Å². The Labute approximate surface area is 294 Å². The number of aliphatic hydroxyl groups excluding tert-OH is 1. The Bertz CT molecular complexity index is 1530. The SMILES string of the molecule is COc1ccc(C[C@H]2NC(=O)/C=C\C[C@@H]([C@H](C)/C=C/c3ccc(CO)cc3)OC(=O)[C@H](CC(C)(C)C)NC(=O)C(C)(C)CNC2=O)cc1Cl. The van der Waals surface area contributed by atoms with E-state index < -0.39 is 47.3 Å².